The van der Waals surface area contributed by atoms with Gasteiger partial charge in [-0.3, -0.25) is 9.69 Å². The lowest BCUT2D eigenvalue weighted by Gasteiger charge is -2.24. The molecule has 0 saturated heterocycles. The number of anilines is 2. The fourth-order valence-corrected chi connectivity index (χ4v) is 3.49. The Hall–Kier alpha value is -2.74. The average Bonchev–Trinajstić information content (AvgIpc) is 2.80. The lowest BCUT2D eigenvalue weighted by atomic mass is 10.1. The summed E-state index contributed by atoms with van der Waals surface area (Å²) in [5.41, 5.74) is -0.267. The Kier molecular flexibility index (Phi) is 11.2. The van der Waals surface area contributed by atoms with Crippen molar-refractivity contribution < 1.29 is 22.8 Å². The summed E-state index contributed by atoms with van der Waals surface area (Å²) in [5, 5.41) is 5.99. The maximum absolute atomic E-state index is 13.2. The molecule has 0 aliphatic carbocycles. The summed E-state index contributed by atoms with van der Waals surface area (Å²) in [6.07, 6.45) is 1.54. The molecule has 0 atom stereocenters. The number of alkyl halides is 3. The molecule has 0 aliphatic heterocycles. The molecule has 34 heavy (non-hydrogen) atoms. The van der Waals surface area contributed by atoms with E-state index in [0.29, 0.717) is 30.1 Å². The van der Waals surface area contributed by atoms with Crippen molar-refractivity contribution in [3.05, 3.63) is 59.1 Å². The van der Waals surface area contributed by atoms with E-state index in [1.54, 1.807) is 24.3 Å². The molecule has 0 radical (unpaired) electrons. The first-order chi connectivity index (χ1) is 16.2. The third kappa shape index (κ3) is 9.63. The fraction of sp³-hybridized carbons (Fsp3) is 0.440. The first kappa shape index (κ1) is 27.5. The van der Waals surface area contributed by atoms with Crippen molar-refractivity contribution in [2.75, 3.05) is 23.3 Å². The van der Waals surface area contributed by atoms with Crippen LogP contribution in [0.4, 0.5) is 29.3 Å². The molecule has 0 saturated carbocycles. The molecule has 5 nitrogen and oxygen atoms in total. The number of nitrogens with one attached hydrogen (secondary N) is 2. The molecular formula is C25H31ClF3N3O2. The zero-order chi connectivity index (χ0) is 25.0. The van der Waals surface area contributed by atoms with Crippen molar-refractivity contribution >= 4 is 34.9 Å². The number of carbonyl (C=O) groups excluding carboxylic acids is 2. The molecular weight excluding hydrogens is 467 g/mol. The Morgan fingerprint density at radius 3 is 2.35 bits per heavy atom. The molecule has 0 bridgehead atoms. The molecule has 9 heteroatoms. The van der Waals surface area contributed by atoms with Crippen LogP contribution in [0.15, 0.2) is 48.5 Å². The van der Waals surface area contributed by atoms with E-state index in [0.717, 1.165) is 44.2 Å². The van der Waals surface area contributed by atoms with Crippen LogP contribution < -0.4 is 15.5 Å². The van der Waals surface area contributed by atoms with Gasteiger partial charge < -0.3 is 10.6 Å². The molecule has 0 spiro atoms. The molecule has 2 rings (SSSR count). The Morgan fingerprint density at radius 2 is 1.68 bits per heavy atom. The Labute approximate surface area is 203 Å². The van der Waals surface area contributed by atoms with Gasteiger partial charge in [0.15, 0.2) is 0 Å². The number of hydrogen-bond donors (Lipinski definition) is 2. The zero-order valence-corrected chi connectivity index (χ0v) is 20.0. The van der Waals surface area contributed by atoms with Gasteiger partial charge in [-0.2, -0.15) is 13.2 Å². The maximum Gasteiger partial charge on any atom is 0.416 e. The normalized spacial score (nSPS) is 11.2. The highest BCUT2D eigenvalue weighted by Gasteiger charge is 2.31. The third-order valence-corrected chi connectivity index (χ3v) is 5.47. The lowest BCUT2D eigenvalue weighted by Crippen LogP contribution is -2.37. The minimum Gasteiger partial charge on any atom is -0.356 e. The standard InChI is InChI=1S/C25H31ClF3N3O2/c1-2-3-4-5-6-11-23(33)30-16-8-17-32(22-10-7-9-19(18-22)25(27,28)29)24(34)31-21-14-12-20(26)13-15-21/h7,9-10,12-15,18H,2-6,8,11,16-17H2,1H3,(H,30,33)(H,31,34). The first-order valence-electron chi connectivity index (χ1n) is 11.5. The molecule has 2 aromatic carbocycles. The Bertz CT molecular complexity index is 920. The summed E-state index contributed by atoms with van der Waals surface area (Å²) < 4.78 is 39.6. The molecule has 3 amide bonds. The zero-order valence-electron chi connectivity index (χ0n) is 19.3. The summed E-state index contributed by atoms with van der Waals surface area (Å²) in [5.74, 6) is -0.0623. The predicted molar refractivity (Wildman–Crippen MR) is 130 cm³/mol. The predicted octanol–water partition coefficient (Wildman–Crippen LogP) is 7.26. The molecule has 0 heterocycles. The van der Waals surface area contributed by atoms with Gasteiger partial charge in [0, 0.05) is 35.9 Å². The van der Waals surface area contributed by atoms with Crippen molar-refractivity contribution in [3.8, 4) is 0 Å². The van der Waals surface area contributed by atoms with Crippen molar-refractivity contribution in [1.29, 1.82) is 0 Å². The van der Waals surface area contributed by atoms with Crippen LogP contribution in [0.3, 0.4) is 0 Å². The van der Waals surface area contributed by atoms with Crippen molar-refractivity contribution in [3.63, 3.8) is 0 Å². The summed E-state index contributed by atoms with van der Waals surface area (Å²) in [4.78, 5) is 26.2. The highest BCUT2D eigenvalue weighted by molar-refractivity contribution is 6.30. The Balaban J connectivity index is 1.99. The van der Waals surface area contributed by atoms with Crippen LogP contribution in [0.1, 0.15) is 57.4 Å². The Morgan fingerprint density at radius 1 is 0.971 bits per heavy atom. The van der Waals surface area contributed by atoms with Gasteiger partial charge in [-0.1, -0.05) is 50.3 Å². The van der Waals surface area contributed by atoms with Crippen molar-refractivity contribution in [1.82, 2.24) is 5.32 Å². The van der Waals surface area contributed by atoms with E-state index in [1.807, 2.05) is 0 Å². The molecule has 2 aromatic rings. The van der Waals surface area contributed by atoms with E-state index in [1.165, 1.54) is 17.0 Å². The summed E-state index contributed by atoms with van der Waals surface area (Å²) in [6.45, 7) is 2.57. The van der Waals surface area contributed by atoms with Crippen LogP contribution in [-0.2, 0) is 11.0 Å². The second kappa shape index (κ2) is 13.8. The van der Waals surface area contributed by atoms with E-state index in [4.69, 9.17) is 11.6 Å². The second-order valence-electron chi connectivity index (χ2n) is 8.00. The van der Waals surface area contributed by atoms with Crippen LogP contribution in [0.2, 0.25) is 5.02 Å². The van der Waals surface area contributed by atoms with E-state index in [2.05, 4.69) is 17.6 Å². The molecule has 186 valence electrons. The molecule has 0 aromatic heterocycles. The number of benzene rings is 2. The average molecular weight is 498 g/mol. The van der Waals surface area contributed by atoms with Gasteiger partial charge in [0.1, 0.15) is 0 Å². The monoisotopic (exact) mass is 497 g/mol. The molecule has 0 fully saturated rings. The smallest absolute Gasteiger partial charge is 0.356 e. The van der Waals surface area contributed by atoms with Crippen LogP contribution in [0.5, 0.6) is 0 Å². The topological polar surface area (TPSA) is 61.4 Å². The van der Waals surface area contributed by atoms with Gasteiger partial charge in [0.25, 0.3) is 0 Å². The molecule has 2 N–H and O–H groups in total. The SMILES string of the molecule is CCCCCCCC(=O)NCCCN(C(=O)Nc1ccc(Cl)cc1)c1cccc(C(F)(F)F)c1. The number of amides is 3. The largest absolute Gasteiger partial charge is 0.416 e. The highest BCUT2D eigenvalue weighted by Crippen LogP contribution is 2.32. The summed E-state index contributed by atoms with van der Waals surface area (Å²) >= 11 is 5.87. The quantitative estimate of drug-likeness (QED) is 0.303. The van der Waals surface area contributed by atoms with Gasteiger partial charge in [0.05, 0.1) is 5.56 Å². The maximum atomic E-state index is 13.2. The van der Waals surface area contributed by atoms with Crippen LogP contribution in [0, 0.1) is 0 Å². The van der Waals surface area contributed by atoms with E-state index < -0.39 is 17.8 Å². The number of halogens is 4. The van der Waals surface area contributed by atoms with Crippen molar-refractivity contribution in [2.45, 2.75) is 58.0 Å². The van der Waals surface area contributed by atoms with Gasteiger partial charge in [0.2, 0.25) is 5.91 Å². The minimum atomic E-state index is -4.53. The fourth-order valence-electron chi connectivity index (χ4n) is 3.36. The number of unbranched alkanes of at least 4 members (excludes halogenated alkanes) is 4. The lowest BCUT2D eigenvalue weighted by molar-refractivity contribution is -0.137. The first-order valence-corrected chi connectivity index (χ1v) is 11.9. The molecule has 0 unspecified atom stereocenters. The molecule has 0 aliphatic rings. The van der Waals surface area contributed by atoms with Gasteiger partial charge in [-0.05, 0) is 55.3 Å². The number of nitrogens with zero attached hydrogens (tertiary/aromatic N) is 1. The van der Waals surface area contributed by atoms with E-state index in [-0.39, 0.29) is 18.1 Å². The number of urea groups is 1. The van der Waals surface area contributed by atoms with Gasteiger partial charge in [-0.15, -0.1) is 0 Å². The highest BCUT2D eigenvalue weighted by atomic mass is 35.5. The number of carbonyl (C=O) groups is 2. The van der Waals surface area contributed by atoms with Crippen LogP contribution in [-0.4, -0.2) is 25.0 Å². The minimum absolute atomic E-state index is 0.0623. The summed E-state index contributed by atoms with van der Waals surface area (Å²) in [7, 11) is 0. The van der Waals surface area contributed by atoms with Crippen molar-refractivity contribution in [2.24, 2.45) is 0 Å². The van der Waals surface area contributed by atoms with E-state index in [9.17, 15) is 22.8 Å². The van der Waals surface area contributed by atoms with Crippen LogP contribution >= 0.6 is 11.6 Å². The van der Waals surface area contributed by atoms with E-state index >= 15 is 0 Å². The number of hydrogen-bond acceptors (Lipinski definition) is 2. The van der Waals surface area contributed by atoms with Crippen LogP contribution in [0.25, 0.3) is 0 Å². The van der Waals surface area contributed by atoms with Gasteiger partial charge >= 0.3 is 12.2 Å². The summed E-state index contributed by atoms with van der Waals surface area (Å²) in [6, 6.07) is 10.4. The second-order valence-corrected chi connectivity index (χ2v) is 8.44. The third-order valence-electron chi connectivity index (χ3n) is 5.21. The number of rotatable bonds is 12. The van der Waals surface area contributed by atoms with Gasteiger partial charge in [-0.25, -0.2) is 4.79 Å².